The molecule has 3 rings (SSSR count). The Morgan fingerprint density at radius 2 is 1.79 bits per heavy atom. The van der Waals surface area contributed by atoms with Gasteiger partial charge in [0, 0.05) is 24.5 Å². The third-order valence-electron chi connectivity index (χ3n) is 6.11. The fraction of sp³-hybridized carbons (Fsp3) is 0.519. The molecule has 6 nitrogen and oxygen atoms in total. The smallest absolute Gasteiger partial charge is 0.338 e. The number of esters is 1. The lowest BCUT2D eigenvalue weighted by Crippen LogP contribution is -2.37. The molecular formula is C27H35ClN2O4. The van der Waals surface area contributed by atoms with Crippen molar-refractivity contribution in [1.29, 1.82) is 0 Å². The number of fused-ring (bicyclic) bond motifs is 1. The van der Waals surface area contributed by atoms with Gasteiger partial charge in [0.25, 0.3) is 5.91 Å². The number of nitrogens with zero attached hydrogens (tertiary/aromatic N) is 2. The molecule has 0 saturated carbocycles. The van der Waals surface area contributed by atoms with Gasteiger partial charge in [-0.15, -0.1) is 0 Å². The highest BCUT2D eigenvalue weighted by molar-refractivity contribution is 6.33. The minimum absolute atomic E-state index is 0.0518. The molecule has 0 aromatic heterocycles. The van der Waals surface area contributed by atoms with Gasteiger partial charge in [-0.25, -0.2) is 4.79 Å². The quantitative estimate of drug-likeness (QED) is 0.311. The molecule has 184 valence electrons. The van der Waals surface area contributed by atoms with Crippen LogP contribution in [-0.4, -0.2) is 48.8 Å². The molecule has 1 amide bonds. The number of hydrogen-bond acceptors (Lipinski definition) is 5. The van der Waals surface area contributed by atoms with Crippen molar-refractivity contribution in [3.63, 3.8) is 0 Å². The van der Waals surface area contributed by atoms with Crippen molar-refractivity contribution in [2.45, 2.75) is 65.2 Å². The number of oxime groups is 1. The van der Waals surface area contributed by atoms with Gasteiger partial charge >= 0.3 is 5.97 Å². The van der Waals surface area contributed by atoms with Crippen LogP contribution < -0.4 is 0 Å². The normalized spacial score (nSPS) is 21.1. The molecule has 1 aromatic rings. The standard InChI is InChI=1S/C27H35ClN2O4/c1-20-17-21(2)26(28)23-18-22(29-34-19-24(31)30-14-10-8-11-15-30)13-9-6-4-3-5-7-12-16-33-27(32)25(20)23/h3,5,9,13,17H,4,6-8,10-12,14-16,18-19H2,1-2H3/b5-3+,13-9+,29-22-. The molecule has 1 aromatic carbocycles. The summed E-state index contributed by atoms with van der Waals surface area (Å²) in [6, 6.07) is 1.90. The molecule has 0 bridgehead atoms. The second-order valence-electron chi connectivity index (χ2n) is 8.88. The zero-order valence-electron chi connectivity index (χ0n) is 20.3. The van der Waals surface area contributed by atoms with Crippen LogP contribution in [0.1, 0.15) is 72.0 Å². The molecule has 0 aliphatic carbocycles. The van der Waals surface area contributed by atoms with Gasteiger partial charge in [-0.1, -0.05) is 41.1 Å². The van der Waals surface area contributed by atoms with Crippen molar-refractivity contribution < 1.29 is 19.2 Å². The Kier molecular flexibility index (Phi) is 10.2. The molecule has 2 heterocycles. The average molecular weight is 487 g/mol. The first-order valence-electron chi connectivity index (χ1n) is 12.2. The highest BCUT2D eigenvalue weighted by Crippen LogP contribution is 2.29. The molecule has 7 heteroatoms. The SMILES string of the molecule is Cc1cc(C)c2c(c1Cl)CC(=N\OCC(=O)N1CCCCC1)/C=C/CC/C=C/CCCOC2=O. The first-order valence-corrected chi connectivity index (χ1v) is 12.6. The second kappa shape index (κ2) is 13.3. The number of allylic oxidation sites excluding steroid dienone is 4. The number of carbonyl (C=O) groups is 2. The summed E-state index contributed by atoms with van der Waals surface area (Å²) >= 11 is 6.68. The highest BCUT2D eigenvalue weighted by Gasteiger charge is 2.22. The van der Waals surface area contributed by atoms with Crippen LogP contribution in [0.5, 0.6) is 0 Å². The minimum Gasteiger partial charge on any atom is -0.462 e. The number of benzene rings is 1. The summed E-state index contributed by atoms with van der Waals surface area (Å²) in [7, 11) is 0. The molecule has 0 unspecified atom stereocenters. The number of amides is 1. The first kappa shape index (κ1) is 26.0. The number of rotatable bonds is 3. The second-order valence-corrected chi connectivity index (χ2v) is 9.26. The van der Waals surface area contributed by atoms with Gasteiger partial charge < -0.3 is 14.5 Å². The van der Waals surface area contributed by atoms with E-state index in [4.69, 9.17) is 21.2 Å². The van der Waals surface area contributed by atoms with Gasteiger partial charge in [-0.2, -0.15) is 0 Å². The van der Waals surface area contributed by atoms with Crippen LogP contribution in [0.25, 0.3) is 0 Å². The lowest BCUT2D eigenvalue weighted by molar-refractivity contribution is -0.137. The van der Waals surface area contributed by atoms with Crippen LogP contribution in [0.15, 0.2) is 35.5 Å². The summed E-state index contributed by atoms with van der Waals surface area (Å²) in [6.45, 7) is 5.61. The van der Waals surface area contributed by atoms with Crippen LogP contribution in [0, 0.1) is 13.8 Å². The van der Waals surface area contributed by atoms with Gasteiger partial charge in [-0.05, 0) is 81.6 Å². The van der Waals surface area contributed by atoms with E-state index in [0.29, 0.717) is 34.9 Å². The third-order valence-corrected chi connectivity index (χ3v) is 6.63. The first-order chi connectivity index (χ1) is 16.5. The zero-order valence-corrected chi connectivity index (χ0v) is 21.0. The molecule has 34 heavy (non-hydrogen) atoms. The maximum atomic E-state index is 13.0. The van der Waals surface area contributed by atoms with Gasteiger partial charge in [0.05, 0.1) is 17.9 Å². The van der Waals surface area contributed by atoms with E-state index in [-0.39, 0.29) is 18.5 Å². The molecule has 2 aliphatic heterocycles. The average Bonchev–Trinajstić information content (AvgIpc) is 2.83. The molecule has 1 saturated heterocycles. The van der Waals surface area contributed by atoms with Crippen molar-refractivity contribution in [2.24, 2.45) is 5.16 Å². The molecule has 0 spiro atoms. The molecule has 2 aliphatic rings. The van der Waals surface area contributed by atoms with Gasteiger partial charge in [0.15, 0.2) is 6.61 Å². The number of hydrogen-bond donors (Lipinski definition) is 0. The summed E-state index contributed by atoms with van der Waals surface area (Å²) < 4.78 is 5.56. The third kappa shape index (κ3) is 7.45. The predicted octanol–water partition coefficient (Wildman–Crippen LogP) is 5.73. The minimum atomic E-state index is -0.377. The van der Waals surface area contributed by atoms with Crippen LogP contribution in [-0.2, 0) is 20.8 Å². The number of halogens is 1. The summed E-state index contributed by atoms with van der Waals surface area (Å²) in [5.41, 5.74) is 3.46. The highest BCUT2D eigenvalue weighted by atomic mass is 35.5. The van der Waals surface area contributed by atoms with E-state index in [1.54, 1.807) is 0 Å². The summed E-state index contributed by atoms with van der Waals surface area (Å²) in [5.74, 6) is -0.429. The van der Waals surface area contributed by atoms with Crippen molar-refractivity contribution >= 4 is 29.2 Å². The number of ether oxygens (including phenoxy) is 1. The van der Waals surface area contributed by atoms with Crippen LogP contribution in [0.2, 0.25) is 5.02 Å². The summed E-state index contributed by atoms with van der Waals surface area (Å²) in [4.78, 5) is 32.8. The van der Waals surface area contributed by atoms with E-state index >= 15 is 0 Å². The van der Waals surface area contributed by atoms with Crippen molar-refractivity contribution in [1.82, 2.24) is 4.90 Å². The number of piperidine rings is 1. The maximum Gasteiger partial charge on any atom is 0.338 e. The Bertz CT molecular complexity index is 962. The van der Waals surface area contributed by atoms with Gasteiger partial charge in [-0.3, -0.25) is 4.79 Å². The topological polar surface area (TPSA) is 68.2 Å². The van der Waals surface area contributed by atoms with Gasteiger partial charge in [0.2, 0.25) is 0 Å². The Labute approximate surface area is 207 Å². The van der Waals surface area contributed by atoms with Crippen LogP contribution in [0.3, 0.4) is 0 Å². The van der Waals surface area contributed by atoms with Gasteiger partial charge in [0.1, 0.15) is 0 Å². The van der Waals surface area contributed by atoms with Crippen molar-refractivity contribution in [2.75, 3.05) is 26.3 Å². The van der Waals surface area contributed by atoms with E-state index < -0.39 is 0 Å². The zero-order chi connectivity index (χ0) is 24.3. The van der Waals surface area contributed by atoms with Crippen LogP contribution >= 0.6 is 11.6 Å². The lowest BCUT2D eigenvalue weighted by atomic mass is 9.94. The fourth-order valence-corrected chi connectivity index (χ4v) is 4.51. The monoisotopic (exact) mass is 486 g/mol. The van der Waals surface area contributed by atoms with E-state index in [2.05, 4.69) is 17.3 Å². The number of cyclic esters (lactones) is 1. The predicted molar refractivity (Wildman–Crippen MR) is 135 cm³/mol. The molecule has 0 atom stereocenters. The van der Waals surface area contributed by atoms with Crippen molar-refractivity contribution in [3.05, 3.63) is 57.6 Å². The Balaban J connectivity index is 1.86. The van der Waals surface area contributed by atoms with E-state index in [9.17, 15) is 9.59 Å². The number of aryl methyl sites for hydroxylation is 2. The molecule has 1 fully saturated rings. The Hall–Kier alpha value is -2.60. The lowest BCUT2D eigenvalue weighted by Gasteiger charge is -2.26. The summed E-state index contributed by atoms with van der Waals surface area (Å²) in [5, 5.41) is 4.81. The Morgan fingerprint density at radius 3 is 2.59 bits per heavy atom. The van der Waals surface area contributed by atoms with E-state index in [1.165, 1.54) is 0 Å². The number of likely N-dealkylation sites (tertiary alicyclic amines) is 1. The van der Waals surface area contributed by atoms with E-state index in [1.807, 2.05) is 37.0 Å². The molecular weight excluding hydrogens is 452 g/mol. The summed E-state index contributed by atoms with van der Waals surface area (Å²) in [6.07, 6.45) is 15.1. The van der Waals surface area contributed by atoms with Crippen molar-refractivity contribution in [3.8, 4) is 0 Å². The fourth-order valence-electron chi connectivity index (χ4n) is 4.29. The molecule has 0 N–H and O–H groups in total. The Morgan fingerprint density at radius 1 is 1.06 bits per heavy atom. The molecule has 0 radical (unpaired) electrons. The maximum absolute atomic E-state index is 13.0. The van der Waals surface area contributed by atoms with Crippen LogP contribution in [0.4, 0.5) is 0 Å². The largest absolute Gasteiger partial charge is 0.462 e. The number of carbonyl (C=O) groups excluding carboxylic acids is 2. The van der Waals surface area contributed by atoms with E-state index in [0.717, 1.165) is 69.2 Å².